The van der Waals surface area contributed by atoms with Crippen LogP contribution in [-0.2, 0) is 4.79 Å². The van der Waals surface area contributed by atoms with Crippen molar-refractivity contribution in [3.63, 3.8) is 0 Å². The Labute approximate surface area is 108 Å². The van der Waals surface area contributed by atoms with E-state index >= 15 is 0 Å². The van der Waals surface area contributed by atoms with Gasteiger partial charge in [-0.2, -0.15) is 0 Å². The molecule has 1 aromatic carbocycles. The van der Waals surface area contributed by atoms with Crippen molar-refractivity contribution in [2.45, 2.75) is 26.3 Å². The quantitative estimate of drug-likeness (QED) is 0.865. The number of carbonyl (C=O) groups is 1. The topological polar surface area (TPSA) is 49.8 Å². The van der Waals surface area contributed by atoms with Gasteiger partial charge in [-0.05, 0) is 32.4 Å². The Balaban J connectivity index is 2.59. The Morgan fingerprint density at radius 3 is 2.56 bits per heavy atom. The van der Waals surface area contributed by atoms with Gasteiger partial charge in [-0.1, -0.05) is 18.2 Å². The summed E-state index contributed by atoms with van der Waals surface area (Å²) in [5.74, 6) is 0.554. The molecule has 0 bridgehead atoms. The zero-order valence-electron chi connectivity index (χ0n) is 11.4. The van der Waals surface area contributed by atoms with Gasteiger partial charge in [0, 0.05) is 7.05 Å². The number of hydrogen-bond donors (Lipinski definition) is 1. The van der Waals surface area contributed by atoms with Gasteiger partial charge in [0.25, 0.3) is 5.91 Å². The summed E-state index contributed by atoms with van der Waals surface area (Å²) < 4.78 is 5.49. The van der Waals surface area contributed by atoms with Crippen LogP contribution in [0, 0.1) is 6.92 Å². The number of aliphatic hydroxyl groups excluding tert-OH is 1. The molecule has 0 atom stereocenters. The first-order valence-corrected chi connectivity index (χ1v) is 5.94. The van der Waals surface area contributed by atoms with Crippen LogP contribution >= 0.6 is 0 Å². The van der Waals surface area contributed by atoms with Crippen LogP contribution in [0.25, 0.3) is 0 Å². The summed E-state index contributed by atoms with van der Waals surface area (Å²) in [7, 11) is 1.67. The van der Waals surface area contributed by atoms with Crippen LogP contribution in [0.3, 0.4) is 0 Å². The van der Waals surface area contributed by atoms with Gasteiger partial charge in [-0.25, -0.2) is 0 Å². The van der Waals surface area contributed by atoms with Gasteiger partial charge in [-0.15, -0.1) is 0 Å². The van der Waals surface area contributed by atoms with Crippen LogP contribution < -0.4 is 4.74 Å². The minimum atomic E-state index is -0.577. The second-order valence-electron chi connectivity index (χ2n) is 4.98. The molecule has 0 saturated carbocycles. The predicted octanol–water partition coefficient (Wildman–Crippen LogP) is 1.60. The van der Waals surface area contributed by atoms with Crippen molar-refractivity contribution in [2.24, 2.45) is 0 Å². The van der Waals surface area contributed by atoms with Gasteiger partial charge < -0.3 is 14.7 Å². The molecule has 0 saturated heterocycles. The summed E-state index contributed by atoms with van der Waals surface area (Å²) in [5, 5.41) is 9.21. The zero-order chi connectivity index (χ0) is 13.8. The zero-order valence-corrected chi connectivity index (χ0v) is 11.4. The molecule has 100 valence electrons. The van der Waals surface area contributed by atoms with Gasteiger partial charge in [0.2, 0.25) is 0 Å². The second kappa shape index (κ2) is 5.87. The third-order valence-electron chi connectivity index (χ3n) is 3.11. The minimum absolute atomic E-state index is 0.0230. The van der Waals surface area contributed by atoms with E-state index in [2.05, 4.69) is 0 Å². The summed E-state index contributed by atoms with van der Waals surface area (Å²) >= 11 is 0. The summed E-state index contributed by atoms with van der Waals surface area (Å²) in [5.41, 5.74) is 0.418. The molecule has 0 radical (unpaired) electrons. The predicted molar refractivity (Wildman–Crippen MR) is 70.6 cm³/mol. The highest BCUT2D eigenvalue weighted by Crippen LogP contribution is 2.17. The number of aliphatic hydroxyl groups is 1. The molecule has 0 unspecified atom stereocenters. The van der Waals surface area contributed by atoms with Gasteiger partial charge in [-0.3, -0.25) is 4.79 Å². The fraction of sp³-hybridized carbons (Fsp3) is 0.500. The highest BCUT2D eigenvalue weighted by Gasteiger charge is 2.26. The van der Waals surface area contributed by atoms with Crippen LogP contribution in [0.4, 0.5) is 0 Å². The molecule has 0 aliphatic rings. The first-order valence-electron chi connectivity index (χ1n) is 5.94. The Morgan fingerprint density at radius 2 is 2.00 bits per heavy atom. The molecule has 0 aromatic heterocycles. The fourth-order valence-corrected chi connectivity index (χ4v) is 1.40. The van der Waals surface area contributed by atoms with Crippen molar-refractivity contribution in [1.29, 1.82) is 0 Å². The first-order chi connectivity index (χ1) is 8.38. The smallest absolute Gasteiger partial charge is 0.260 e. The van der Waals surface area contributed by atoms with Crippen molar-refractivity contribution in [1.82, 2.24) is 4.90 Å². The molecule has 0 fully saturated rings. The van der Waals surface area contributed by atoms with Gasteiger partial charge in [0.05, 0.1) is 12.1 Å². The standard InChI is InChI=1S/C14H21NO3/c1-11-7-5-6-8-12(11)18-9-13(17)15(4)14(2,3)10-16/h5-8,16H,9-10H2,1-4H3. The maximum absolute atomic E-state index is 11.9. The van der Waals surface area contributed by atoms with E-state index in [4.69, 9.17) is 4.74 Å². The summed E-state index contributed by atoms with van der Waals surface area (Å²) in [6.45, 7) is 5.43. The molecule has 4 nitrogen and oxygen atoms in total. The lowest BCUT2D eigenvalue weighted by Gasteiger charge is -2.33. The van der Waals surface area contributed by atoms with E-state index in [1.807, 2.05) is 31.2 Å². The number of aryl methyl sites for hydroxylation is 1. The van der Waals surface area contributed by atoms with Gasteiger partial charge in [0.1, 0.15) is 5.75 Å². The highest BCUT2D eigenvalue weighted by molar-refractivity contribution is 5.78. The normalized spacial score (nSPS) is 11.2. The van der Waals surface area contributed by atoms with E-state index in [1.165, 1.54) is 4.90 Å². The summed E-state index contributed by atoms with van der Waals surface area (Å²) in [6, 6.07) is 7.56. The molecule has 1 aromatic rings. The van der Waals surface area contributed by atoms with E-state index in [9.17, 15) is 9.90 Å². The number of carbonyl (C=O) groups excluding carboxylic acids is 1. The van der Waals surface area contributed by atoms with Crippen LogP contribution in [0.15, 0.2) is 24.3 Å². The monoisotopic (exact) mass is 251 g/mol. The van der Waals surface area contributed by atoms with Crippen LogP contribution in [-0.4, -0.2) is 41.7 Å². The number of likely N-dealkylation sites (N-methyl/N-ethyl adjacent to an activating group) is 1. The molecule has 1 amide bonds. The Kier molecular flexibility index (Phi) is 4.73. The molecule has 1 rings (SSSR count). The fourth-order valence-electron chi connectivity index (χ4n) is 1.40. The lowest BCUT2D eigenvalue weighted by molar-refractivity contribution is -0.138. The van der Waals surface area contributed by atoms with Crippen molar-refractivity contribution < 1.29 is 14.6 Å². The van der Waals surface area contributed by atoms with E-state index in [0.717, 1.165) is 5.56 Å². The molecular weight excluding hydrogens is 230 g/mol. The molecular formula is C14H21NO3. The summed E-state index contributed by atoms with van der Waals surface area (Å²) in [6.07, 6.45) is 0. The number of ether oxygens (including phenoxy) is 1. The summed E-state index contributed by atoms with van der Waals surface area (Å²) in [4.78, 5) is 13.4. The van der Waals surface area contributed by atoms with Crippen molar-refractivity contribution in [3.05, 3.63) is 29.8 Å². The van der Waals surface area contributed by atoms with Crippen LogP contribution in [0.5, 0.6) is 5.75 Å². The Morgan fingerprint density at radius 1 is 1.39 bits per heavy atom. The van der Waals surface area contributed by atoms with Crippen molar-refractivity contribution >= 4 is 5.91 Å². The first kappa shape index (κ1) is 14.5. The van der Waals surface area contributed by atoms with E-state index in [-0.39, 0.29) is 19.1 Å². The number of benzene rings is 1. The number of rotatable bonds is 5. The second-order valence-corrected chi connectivity index (χ2v) is 4.98. The highest BCUT2D eigenvalue weighted by atomic mass is 16.5. The number of nitrogens with zero attached hydrogens (tertiary/aromatic N) is 1. The molecule has 0 spiro atoms. The van der Waals surface area contributed by atoms with Gasteiger partial charge in [0.15, 0.2) is 6.61 Å². The number of hydrogen-bond acceptors (Lipinski definition) is 3. The largest absolute Gasteiger partial charge is 0.484 e. The lowest BCUT2D eigenvalue weighted by Crippen LogP contribution is -2.49. The van der Waals surface area contributed by atoms with E-state index in [0.29, 0.717) is 5.75 Å². The molecule has 0 aliphatic carbocycles. The van der Waals surface area contributed by atoms with Crippen molar-refractivity contribution in [2.75, 3.05) is 20.3 Å². The maximum Gasteiger partial charge on any atom is 0.260 e. The van der Waals surface area contributed by atoms with Crippen LogP contribution in [0.2, 0.25) is 0 Å². The number of amides is 1. The molecule has 0 heterocycles. The average molecular weight is 251 g/mol. The molecule has 18 heavy (non-hydrogen) atoms. The van der Waals surface area contributed by atoms with E-state index in [1.54, 1.807) is 20.9 Å². The molecule has 0 aliphatic heterocycles. The van der Waals surface area contributed by atoms with Crippen LogP contribution in [0.1, 0.15) is 19.4 Å². The third-order valence-corrected chi connectivity index (χ3v) is 3.11. The maximum atomic E-state index is 11.9. The SMILES string of the molecule is Cc1ccccc1OCC(=O)N(C)C(C)(C)CO. The lowest BCUT2D eigenvalue weighted by atomic mass is 10.1. The third kappa shape index (κ3) is 3.47. The van der Waals surface area contributed by atoms with Gasteiger partial charge >= 0.3 is 0 Å². The van der Waals surface area contributed by atoms with E-state index < -0.39 is 5.54 Å². The average Bonchev–Trinajstić information content (AvgIpc) is 2.36. The molecule has 4 heteroatoms. The Hall–Kier alpha value is -1.55. The minimum Gasteiger partial charge on any atom is -0.484 e. The Bertz CT molecular complexity index is 415. The number of para-hydroxylation sites is 1. The molecule has 1 N–H and O–H groups in total. The van der Waals surface area contributed by atoms with Crippen molar-refractivity contribution in [3.8, 4) is 5.75 Å².